The van der Waals surface area contributed by atoms with Gasteiger partial charge in [0.2, 0.25) is 0 Å². The van der Waals surface area contributed by atoms with Crippen LogP contribution in [0.1, 0.15) is 47.9 Å². The Morgan fingerprint density at radius 3 is 2.14 bits per heavy atom. The summed E-state index contributed by atoms with van der Waals surface area (Å²) in [5, 5.41) is 2.50. The van der Waals surface area contributed by atoms with Crippen molar-refractivity contribution in [1.82, 2.24) is 15.1 Å². The summed E-state index contributed by atoms with van der Waals surface area (Å²) < 4.78 is 5.29. The van der Waals surface area contributed by atoms with E-state index in [1.54, 1.807) is 12.1 Å². The summed E-state index contributed by atoms with van der Waals surface area (Å²) in [5.74, 6) is -2.66. The van der Waals surface area contributed by atoms with Crippen LogP contribution in [0.15, 0.2) is 24.3 Å². The van der Waals surface area contributed by atoms with Gasteiger partial charge in [0.1, 0.15) is 6.04 Å². The Kier molecular flexibility index (Phi) is 5.67. The van der Waals surface area contributed by atoms with E-state index in [2.05, 4.69) is 5.32 Å². The molecule has 1 fully saturated rings. The Labute approximate surface area is 168 Å². The van der Waals surface area contributed by atoms with Gasteiger partial charge < -0.3 is 10.1 Å². The second-order valence-corrected chi connectivity index (χ2v) is 7.47. The highest BCUT2D eigenvalue weighted by molar-refractivity contribution is 6.22. The molecule has 5 amide bonds. The van der Waals surface area contributed by atoms with Gasteiger partial charge in [-0.2, -0.15) is 0 Å². The fourth-order valence-corrected chi connectivity index (χ4v) is 3.45. The fraction of sp³-hybridized carbons (Fsp3) is 0.450. The first-order valence-electron chi connectivity index (χ1n) is 9.49. The molecular formula is C20H23N3O6. The van der Waals surface area contributed by atoms with Crippen molar-refractivity contribution in [2.75, 3.05) is 13.1 Å². The number of ether oxygens (including phenoxy) is 1. The third-order valence-corrected chi connectivity index (χ3v) is 4.87. The molecule has 29 heavy (non-hydrogen) atoms. The predicted octanol–water partition coefficient (Wildman–Crippen LogP) is 1.18. The maximum Gasteiger partial charge on any atom is 0.330 e. The molecular weight excluding hydrogens is 378 g/mol. The molecule has 9 nitrogen and oxygen atoms in total. The van der Waals surface area contributed by atoms with Crippen molar-refractivity contribution in [3.63, 3.8) is 0 Å². The Morgan fingerprint density at radius 2 is 1.66 bits per heavy atom. The number of fused-ring (bicyclic) bond motifs is 1. The molecule has 0 saturated carbocycles. The summed E-state index contributed by atoms with van der Waals surface area (Å²) in [5.41, 5.74) is 0.467. The average Bonchev–Trinajstić information content (AvgIpc) is 3.21. The van der Waals surface area contributed by atoms with Crippen LogP contribution >= 0.6 is 0 Å². The van der Waals surface area contributed by atoms with Gasteiger partial charge in [-0.15, -0.1) is 0 Å². The lowest BCUT2D eigenvalue weighted by atomic mass is 10.0. The lowest BCUT2D eigenvalue weighted by molar-refractivity contribution is -0.161. The van der Waals surface area contributed by atoms with Gasteiger partial charge in [-0.25, -0.2) is 9.59 Å². The molecule has 9 heteroatoms. The fourth-order valence-electron chi connectivity index (χ4n) is 3.45. The van der Waals surface area contributed by atoms with E-state index in [1.165, 1.54) is 19.1 Å². The maximum absolute atomic E-state index is 12.9. The number of nitrogens with zero attached hydrogens (tertiary/aromatic N) is 2. The molecule has 0 aromatic heterocycles. The number of hydrogen-bond donors (Lipinski definition) is 1. The van der Waals surface area contributed by atoms with Crippen molar-refractivity contribution in [3.8, 4) is 0 Å². The summed E-state index contributed by atoms with van der Waals surface area (Å²) in [7, 11) is 0. The quantitative estimate of drug-likeness (QED) is 0.566. The molecule has 1 N–H and O–H groups in total. The number of amides is 5. The van der Waals surface area contributed by atoms with Crippen LogP contribution in [0.2, 0.25) is 0 Å². The summed E-state index contributed by atoms with van der Waals surface area (Å²) in [6.07, 6.45) is -1.04. The third kappa shape index (κ3) is 3.85. The van der Waals surface area contributed by atoms with Crippen molar-refractivity contribution in [2.45, 2.75) is 39.3 Å². The van der Waals surface area contributed by atoms with Crippen LogP contribution in [0.3, 0.4) is 0 Å². The number of benzene rings is 1. The van der Waals surface area contributed by atoms with E-state index in [9.17, 15) is 24.0 Å². The van der Waals surface area contributed by atoms with E-state index in [0.717, 1.165) is 9.80 Å². The minimum Gasteiger partial charge on any atom is -0.451 e. The Morgan fingerprint density at radius 1 is 1.07 bits per heavy atom. The number of urea groups is 1. The Balaban J connectivity index is 1.79. The van der Waals surface area contributed by atoms with Crippen LogP contribution in [-0.4, -0.2) is 64.8 Å². The Bertz CT molecular complexity index is 846. The van der Waals surface area contributed by atoms with E-state index in [4.69, 9.17) is 4.74 Å². The minimum atomic E-state index is -1.23. The monoisotopic (exact) mass is 401 g/mol. The number of hydrogen-bond acceptors (Lipinski definition) is 6. The van der Waals surface area contributed by atoms with Gasteiger partial charge in [-0.1, -0.05) is 26.0 Å². The van der Waals surface area contributed by atoms with Gasteiger partial charge >= 0.3 is 12.0 Å². The average molecular weight is 401 g/mol. The minimum absolute atomic E-state index is 0.0211. The van der Waals surface area contributed by atoms with Crippen LogP contribution in [0.25, 0.3) is 0 Å². The molecule has 0 aliphatic carbocycles. The van der Waals surface area contributed by atoms with Crippen LogP contribution in [-0.2, 0) is 14.3 Å². The number of nitrogens with one attached hydrogen (secondary N) is 1. The first kappa shape index (κ1) is 20.5. The molecule has 0 unspecified atom stereocenters. The van der Waals surface area contributed by atoms with Crippen LogP contribution < -0.4 is 5.32 Å². The molecule has 0 bridgehead atoms. The highest BCUT2D eigenvalue weighted by Gasteiger charge is 2.44. The first-order valence-corrected chi connectivity index (χ1v) is 9.49. The van der Waals surface area contributed by atoms with Gasteiger partial charge in [0, 0.05) is 13.1 Å². The summed E-state index contributed by atoms with van der Waals surface area (Å²) in [4.78, 5) is 64.4. The number of carbonyl (C=O) groups is 5. The topological polar surface area (TPSA) is 113 Å². The van der Waals surface area contributed by atoms with E-state index in [-0.39, 0.29) is 30.0 Å². The van der Waals surface area contributed by atoms with Gasteiger partial charge in [0.25, 0.3) is 17.7 Å². The van der Waals surface area contributed by atoms with Crippen molar-refractivity contribution in [3.05, 3.63) is 35.4 Å². The second kappa shape index (κ2) is 8.02. The van der Waals surface area contributed by atoms with E-state index < -0.39 is 41.9 Å². The zero-order valence-corrected chi connectivity index (χ0v) is 16.5. The van der Waals surface area contributed by atoms with Gasteiger partial charge in [-0.05, 0) is 31.4 Å². The van der Waals surface area contributed by atoms with E-state index in [1.807, 2.05) is 13.8 Å². The molecule has 154 valence electrons. The molecule has 3 rings (SSSR count). The zero-order valence-electron chi connectivity index (χ0n) is 16.5. The van der Waals surface area contributed by atoms with Crippen LogP contribution in [0.4, 0.5) is 4.79 Å². The van der Waals surface area contributed by atoms with Gasteiger partial charge in [0.15, 0.2) is 6.10 Å². The SMILES string of the molecule is CC(C)C[C@H](C(=O)O[C@@H](C)C(=O)N1CCNC1=O)N1C(=O)c2ccccc2C1=O. The highest BCUT2D eigenvalue weighted by atomic mass is 16.5. The lowest BCUT2D eigenvalue weighted by Gasteiger charge is -2.27. The van der Waals surface area contributed by atoms with Crippen molar-refractivity contribution < 1.29 is 28.7 Å². The van der Waals surface area contributed by atoms with Gasteiger partial charge in [0.05, 0.1) is 11.1 Å². The number of rotatable bonds is 6. The standard InChI is InChI=1S/C20H23N3O6/c1-11(2)10-15(23-17(25)13-6-4-5-7-14(13)18(23)26)19(27)29-12(3)16(24)22-9-8-21-20(22)28/h4-7,11-12,15H,8-10H2,1-3H3,(H,21,28)/t12-,15+/m0/s1. The van der Waals surface area contributed by atoms with Crippen molar-refractivity contribution >= 4 is 29.7 Å². The first-order chi connectivity index (χ1) is 13.7. The van der Waals surface area contributed by atoms with Crippen molar-refractivity contribution in [2.24, 2.45) is 5.92 Å². The summed E-state index contributed by atoms with van der Waals surface area (Å²) in [6, 6.07) is 4.65. The van der Waals surface area contributed by atoms with E-state index in [0.29, 0.717) is 6.54 Å². The molecule has 1 aromatic rings. The molecule has 2 aliphatic rings. The molecule has 0 radical (unpaired) electrons. The molecule has 2 aliphatic heterocycles. The smallest absolute Gasteiger partial charge is 0.330 e. The zero-order chi connectivity index (χ0) is 21.3. The largest absolute Gasteiger partial charge is 0.451 e. The number of imide groups is 2. The number of esters is 1. The maximum atomic E-state index is 12.9. The molecule has 1 aromatic carbocycles. The highest BCUT2D eigenvalue weighted by Crippen LogP contribution is 2.27. The molecule has 0 spiro atoms. The second-order valence-electron chi connectivity index (χ2n) is 7.47. The molecule has 2 heterocycles. The normalized spacial score (nSPS) is 18.0. The predicted molar refractivity (Wildman–Crippen MR) is 101 cm³/mol. The van der Waals surface area contributed by atoms with Gasteiger partial charge in [-0.3, -0.25) is 24.2 Å². The molecule has 1 saturated heterocycles. The third-order valence-electron chi connectivity index (χ3n) is 4.87. The summed E-state index contributed by atoms with van der Waals surface area (Å²) in [6.45, 7) is 5.58. The molecule has 2 atom stereocenters. The number of carbonyl (C=O) groups excluding carboxylic acids is 5. The van der Waals surface area contributed by atoms with E-state index >= 15 is 0 Å². The summed E-state index contributed by atoms with van der Waals surface area (Å²) >= 11 is 0. The lowest BCUT2D eigenvalue weighted by Crippen LogP contribution is -2.49. The van der Waals surface area contributed by atoms with Crippen LogP contribution in [0, 0.1) is 5.92 Å². The van der Waals surface area contributed by atoms with Crippen molar-refractivity contribution in [1.29, 1.82) is 0 Å². The van der Waals surface area contributed by atoms with Crippen LogP contribution in [0.5, 0.6) is 0 Å². The Hall–Kier alpha value is -3.23.